The minimum absolute atomic E-state index is 0.133. The molecule has 134 valence electrons. The van der Waals surface area contributed by atoms with Crippen molar-refractivity contribution in [3.8, 4) is 0 Å². The molecule has 2 rings (SSSR count). The number of rotatable bonds is 7. The predicted molar refractivity (Wildman–Crippen MR) is 95.0 cm³/mol. The first-order valence-corrected chi connectivity index (χ1v) is 10.2. The highest BCUT2D eigenvalue weighted by Crippen LogP contribution is 2.16. The smallest absolute Gasteiger partial charge is 0.241 e. The molecule has 0 radical (unpaired) electrons. The number of sulfonamides is 1. The molecule has 0 aliphatic carbocycles. The first kappa shape index (κ1) is 19.4. The summed E-state index contributed by atoms with van der Waals surface area (Å²) in [6, 6.07) is 5.48. The third-order valence-corrected chi connectivity index (χ3v) is 5.93. The normalized spacial score (nSPS) is 19.4. The molecular weight excluding hydrogens is 396 g/mol. The Morgan fingerprint density at radius 2 is 2.00 bits per heavy atom. The molecule has 0 aromatic heterocycles. The van der Waals surface area contributed by atoms with Gasteiger partial charge in [-0.25, -0.2) is 8.42 Å². The van der Waals surface area contributed by atoms with Gasteiger partial charge in [-0.2, -0.15) is 4.72 Å². The average Bonchev–Trinajstić information content (AvgIpc) is 3.04. The first-order chi connectivity index (χ1) is 11.3. The monoisotopic (exact) mass is 418 g/mol. The van der Waals surface area contributed by atoms with E-state index in [1.165, 1.54) is 12.1 Å². The number of ether oxygens (including phenoxy) is 1. The van der Waals surface area contributed by atoms with Gasteiger partial charge >= 0.3 is 0 Å². The van der Waals surface area contributed by atoms with E-state index in [0.717, 1.165) is 10.9 Å². The van der Waals surface area contributed by atoms with Crippen molar-refractivity contribution in [2.45, 2.75) is 31.2 Å². The van der Waals surface area contributed by atoms with Gasteiger partial charge in [-0.05, 0) is 36.6 Å². The molecule has 2 atom stereocenters. The molecule has 1 saturated heterocycles. The number of carbonyl (C=O) groups excluding carboxylic acids is 1. The van der Waals surface area contributed by atoms with Crippen LogP contribution in [0.25, 0.3) is 0 Å². The topological polar surface area (TPSA) is 84.5 Å². The molecule has 6 nitrogen and oxygen atoms in total. The second-order valence-electron chi connectivity index (χ2n) is 6.27. The molecule has 24 heavy (non-hydrogen) atoms. The van der Waals surface area contributed by atoms with E-state index in [2.05, 4.69) is 26.0 Å². The van der Waals surface area contributed by atoms with Gasteiger partial charge in [0.1, 0.15) is 6.04 Å². The summed E-state index contributed by atoms with van der Waals surface area (Å²) in [5, 5.41) is 2.84. The summed E-state index contributed by atoms with van der Waals surface area (Å²) in [4.78, 5) is 12.6. The average molecular weight is 419 g/mol. The van der Waals surface area contributed by atoms with Crippen molar-refractivity contribution < 1.29 is 17.9 Å². The highest BCUT2D eigenvalue weighted by Gasteiger charge is 2.29. The maximum absolute atomic E-state index is 12.5. The maximum Gasteiger partial charge on any atom is 0.241 e. The van der Waals surface area contributed by atoms with Gasteiger partial charge in [0.15, 0.2) is 0 Å². The van der Waals surface area contributed by atoms with Crippen molar-refractivity contribution in [2.75, 3.05) is 19.8 Å². The second-order valence-corrected chi connectivity index (χ2v) is 8.90. The van der Waals surface area contributed by atoms with Crippen LogP contribution in [-0.4, -0.2) is 40.1 Å². The molecule has 1 aliphatic heterocycles. The standard InChI is InChI=1S/C16H23BrN2O4S/c1-11(2)15(16(20)18-9-12-7-8-23-10-12)19-24(21,22)14-5-3-13(17)4-6-14/h3-6,11-12,15,19H,7-10H2,1-2H3,(H,18,20)/t12?,15-/m0/s1. The molecule has 1 aromatic rings. The van der Waals surface area contributed by atoms with Crippen LogP contribution < -0.4 is 10.0 Å². The Balaban J connectivity index is 2.03. The quantitative estimate of drug-likeness (QED) is 0.707. The molecule has 1 amide bonds. The summed E-state index contributed by atoms with van der Waals surface area (Å²) in [6.07, 6.45) is 0.914. The second kappa shape index (κ2) is 8.42. The Hall–Kier alpha value is -0.960. The molecule has 1 heterocycles. The molecule has 1 fully saturated rings. The zero-order chi connectivity index (χ0) is 17.7. The Kier molecular flexibility index (Phi) is 6.79. The van der Waals surface area contributed by atoms with Crippen molar-refractivity contribution >= 4 is 31.9 Å². The van der Waals surface area contributed by atoms with E-state index < -0.39 is 16.1 Å². The zero-order valence-corrected chi connectivity index (χ0v) is 16.2. The molecule has 1 unspecified atom stereocenters. The van der Waals surface area contributed by atoms with E-state index in [1.54, 1.807) is 12.1 Å². The van der Waals surface area contributed by atoms with Gasteiger partial charge in [-0.1, -0.05) is 29.8 Å². The molecule has 2 N–H and O–H groups in total. The van der Waals surface area contributed by atoms with Gasteiger partial charge < -0.3 is 10.1 Å². The molecule has 8 heteroatoms. The summed E-state index contributed by atoms with van der Waals surface area (Å²) in [7, 11) is -3.76. The number of halogens is 1. The lowest BCUT2D eigenvalue weighted by molar-refractivity contribution is -0.123. The number of amides is 1. The van der Waals surface area contributed by atoms with E-state index in [-0.39, 0.29) is 16.7 Å². The summed E-state index contributed by atoms with van der Waals surface area (Å²) < 4.78 is 33.6. The molecular formula is C16H23BrN2O4S. The van der Waals surface area contributed by atoms with E-state index >= 15 is 0 Å². The van der Waals surface area contributed by atoms with Crippen LogP contribution in [0.3, 0.4) is 0 Å². The fraction of sp³-hybridized carbons (Fsp3) is 0.562. The van der Waals surface area contributed by atoms with Crippen LogP contribution in [0.15, 0.2) is 33.6 Å². The van der Waals surface area contributed by atoms with Gasteiger partial charge in [0, 0.05) is 23.5 Å². The van der Waals surface area contributed by atoms with Gasteiger partial charge in [-0.3, -0.25) is 4.79 Å². The highest BCUT2D eigenvalue weighted by molar-refractivity contribution is 9.10. The summed E-state index contributed by atoms with van der Waals surface area (Å²) >= 11 is 3.27. The maximum atomic E-state index is 12.5. The number of hydrogen-bond donors (Lipinski definition) is 2. The van der Waals surface area contributed by atoms with E-state index in [0.29, 0.717) is 25.7 Å². The molecule has 0 bridgehead atoms. The zero-order valence-electron chi connectivity index (χ0n) is 13.8. The Labute approximate surface area is 151 Å². The summed E-state index contributed by atoms with van der Waals surface area (Å²) in [5.74, 6) is -0.183. The fourth-order valence-electron chi connectivity index (χ4n) is 2.44. The third kappa shape index (κ3) is 5.27. The van der Waals surface area contributed by atoms with Crippen LogP contribution in [0.1, 0.15) is 20.3 Å². The number of hydrogen-bond acceptors (Lipinski definition) is 4. The van der Waals surface area contributed by atoms with Gasteiger partial charge in [-0.15, -0.1) is 0 Å². The first-order valence-electron chi connectivity index (χ1n) is 7.93. The molecule has 0 saturated carbocycles. The summed E-state index contributed by atoms with van der Waals surface area (Å²) in [6.45, 7) is 5.48. The molecule has 1 aliphatic rings. The fourth-order valence-corrected chi connectivity index (χ4v) is 4.05. The minimum atomic E-state index is -3.76. The molecule has 1 aromatic carbocycles. The van der Waals surface area contributed by atoms with Gasteiger partial charge in [0.25, 0.3) is 0 Å². The van der Waals surface area contributed by atoms with Crippen LogP contribution in [0.5, 0.6) is 0 Å². The van der Waals surface area contributed by atoms with Crippen molar-refractivity contribution in [1.29, 1.82) is 0 Å². The predicted octanol–water partition coefficient (Wildman–Crippen LogP) is 1.90. The van der Waals surface area contributed by atoms with E-state index in [1.807, 2.05) is 13.8 Å². The Morgan fingerprint density at radius 3 is 2.54 bits per heavy atom. The van der Waals surface area contributed by atoms with Gasteiger partial charge in [0.2, 0.25) is 15.9 Å². The number of carbonyl (C=O) groups is 1. The minimum Gasteiger partial charge on any atom is -0.381 e. The van der Waals surface area contributed by atoms with Crippen LogP contribution in [0.2, 0.25) is 0 Å². The number of nitrogens with one attached hydrogen (secondary N) is 2. The van der Waals surface area contributed by atoms with Crippen molar-refractivity contribution in [3.63, 3.8) is 0 Å². The largest absolute Gasteiger partial charge is 0.381 e. The van der Waals surface area contributed by atoms with E-state index in [9.17, 15) is 13.2 Å². The van der Waals surface area contributed by atoms with E-state index in [4.69, 9.17) is 4.74 Å². The van der Waals surface area contributed by atoms with Crippen molar-refractivity contribution in [1.82, 2.24) is 10.0 Å². The van der Waals surface area contributed by atoms with Crippen LogP contribution in [0.4, 0.5) is 0 Å². The van der Waals surface area contributed by atoms with Crippen LogP contribution >= 0.6 is 15.9 Å². The van der Waals surface area contributed by atoms with Crippen LogP contribution in [-0.2, 0) is 19.6 Å². The lowest BCUT2D eigenvalue weighted by Gasteiger charge is -2.22. The number of benzene rings is 1. The highest BCUT2D eigenvalue weighted by atomic mass is 79.9. The Bertz CT molecular complexity index is 655. The summed E-state index contributed by atoms with van der Waals surface area (Å²) in [5.41, 5.74) is 0. The SMILES string of the molecule is CC(C)[C@H](NS(=O)(=O)c1ccc(Br)cc1)C(=O)NCC1CCOC1. The van der Waals surface area contributed by atoms with Crippen molar-refractivity contribution in [2.24, 2.45) is 11.8 Å². The molecule has 0 spiro atoms. The third-order valence-electron chi connectivity index (χ3n) is 3.94. The lowest BCUT2D eigenvalue weighted by Crippen LogP contribution is -2.50. The lowest BCUT2D eigenvalue weighted by atomic mass is 10.0. The van der Waals surface area contributed by atoms with Crippen molar-refractivity contribution in [3.05, 3.63) is 28.7 Å². The van der Waals surface area contributed by atoms with Gasteiger partial charge in [0.05, 0.1) is 11.5 Å². The van der Waals surface area contributed by atoms with Crippen LogP contribution in [0, 0.1) is 11.8 Å². The Morgan fingerprint density at radius 1 is 1.33 bits per heavy atom.